The van der Waals surface area contributed by atoms with Crippen LogP contribution >= 0.6 is 23.2 Å². The lowest BCUT2D eigenvalue weighted by atomic mass is 10.1. The van der Waals surface area contributed by atoms with Gasteiger partial charge in [-0.1, -0.05) is 41.4 Å². The molecule has 1 aromatic heterocycles. The van der Waals surface area contributed by atoms with E-state index >= 15 is 0 Å². The molecular weight excluding hydrogens is 421 g/mol. The minimum Gasteiger partial charge on any atom is -0.477 e. The summed E-state index contributed by atoms with van der Waals surface area (Å²) in [6, 6.07) is 15.2. The summed E-state index contributed by atoms with van der Waals surface area (Å²) in [7, 11) is 0. The lowest BCUT2D eigenvalue weighted by Gasteiger charge is -2.32. The lowest BCUT2D eigenvalue weighted by molar-refractivity contribution is 0.0688. The summed E-state index contributed by atoms with van der Waals surface area (Å²) in [5.41, 5.74) is 7.36. The fourth-order valence-electron chi connectivity index (χ4n) is 3.69. The number of carboxylic acids is 1. The zero-order valence-corrected chi connectivity index (χ0v) is 18.7. The fourth-order valence-corrected chi connectivity index (χ4v) is 4.21. The molecule has 0 amide bonds. The summed E-state index contributed by atoms with van der Waals surface area (Å²) in [6.45, 7) is 6.88. The highest BCUT2D eigenvalue weighted by molar-refractivity contribution is 6.34. The zero-order chi connectivity index (χ0) is 21.8. The number of likely N-dealkylation sites (tertiary alicyclic amines) is 1. The highest BCUT2D eigenvalue weighted by Crippen LogP contribution is 2.28. The molecule has 5 nitrogen and oxygen atoms in total. The number of aromatic nitrogens is 1. The van der Waals surface area contributed by atoms with Crippen molar-refractivity contribution in [2.24, 2.45) is 5.73 Å². The molecule has 3 aromatic rings. The van der Waals surface area contributed by atoms with Crippen molar-refractivity contribution in [1.29, 1.82) is 0 Å². The van der Waals surface area contributed by atoms with Gasteiger partial charge in [0.15, 0.2) is 0 Å². The van der Waals surface area contributed by atoms with Crippen LogP contribution in [0.3, 0.4) is 0 Å². The average Bonchev–Trinajstić information content (AvgIpc) is 3.08. The van der Waals surface area contributed by atoms with Gasteiger partial charge in [0.25, 0.3) is 0 Å². The van der Waals surface area contributed by atoms with Crippen molar-refractivity contribution in [2.75, 3.05) is 13.1 Å². The van der Waals surface area contributed by atoms with Crippen LogP contribution in [0.2, 0.25) is 10.0 Å². The second-order valence-electron chi connectivity index (χ2n) is 7.82. The van der Waals surface area contributed by atoms with Crippen molar-refractivity contribution in [3.05, 3.63) is 64.3 Å². The normalized spacial score (nSPS) is 15.3. The highest BCUT2D eigenvalue weighted by Gasteiger charge is 2.17. The van der Waals surface area contributed by atoms with Gasteiger partial charge in [0.05, 0.1) is 5.52 Å². The first kappa shape index (κ1) is 22.6. The monoisotopic (exact) mass is 447 g/mol. The maximum atomic E-state index is 11.4. The number of nitrogens with zero attached hydrogens (tertiary/aromatic N) is 2. The Balaban J connectivity index is 0.000000216. The van der Waals surface area contributed by atoms with E-state index in [2.05, 4.69) is 18.7 Å². The number of halogens is 2. The number of para-hydroxylation sites is 1. The molecule has 4 rings (SSSR count). The number of carbonyl (C=O) groups is 1. The Morgan fingerprint density at radius 2 is 1.67 bits per heavy atom. The molecular formula is C23H27Cl2N3O2. The first-order chi connectivity index (χ1) is 14.3. The fraction of sp³-hybridized carbons (Fsp3) is 0.348. The summed E-state index contributed by atoms with van der Waals surface area (Å²) in [4.78, 5) is 13.9. The van der Waals surface area contributed by atoms with Gasteiger partial charge in [-0.2, -0.15) is 0 Å². The zero-order valence-electron chi connectivity index (χ0n) is 17.2. The maximum absolute atomic E-state index is 11.4. The molecule has 0 spiro atoms. The van der Waals surface area contributed by atoms with Crippen LogP contribution in [0.4, 0.5) is 0 Å². The first-order valence-corrected chi connectivity index (χ1v) is 10.8. The van der Waals surface area contributed by atoms with Crippen molar-refractivity contribution in [1.82, 2.24) is 9.47 Å². The number of piperidine rings is 1. The predicted molar refractivity (Wildman–Crippen MR) is 124 cm³/mol. The summed E-state index contributed by atoms with van der Waals surface area (Å²) < 4.78 is 1.63. The van der Waals surface area contributed by atoms with E-state index in [-0.39, 0.29) is 5.69 Å². The van der Waals surface area contributed by atoms with Gasteiger partial charge in [-0.15, -0.1) is 0 Å². The molecule has 0 radical (unpaired) electrons. The first-order valence-electron chi connectivity index (χ1n) is 10.1. The van der Waals surface area contributed by atoms with Crippen LogP contribution in [0.5, 0.6) is 0 Å². The van der Waals surface area contributed by atoms with Crippen LogP contribution in [-0.2, 0) is 0 Å². The third kappa shape index (κ3) is 5.35. The van der Waals surface area contributed by atoms with E-state index in [1.807, 2.05) is 24.3 Å². The number of hydrogen-bond donors (Lipinski definition) is 2. The summed E-state index contributed by atoms with van der Waals surface area (Å²) in [6.07, 6.45) is 2.36. The quantitative estimate of drug-likeness (QED) is 0.559. The number of fused-ring (bicyclic) bond motifs is 1. The Morgan fingerprint density at radius 3 is 2.23 bits per heavy atom. The average molecular weight is 448 g/mol. The standard InChI is InChI=1S/C15H9Cl2NO2.C8H18N2/c16-10-6-11(17)8-12(7-10)18-13-4-2-1-3-9(13)5-14(18)15(19)20;1-7(2)10-5-3-8(9)4-6-10/h1-8H,(H,19,20);7-8H,3-6,9H2,1-2H3. The van der Waals surface area contributed by atoms with Crippen LogP contribution in [0.1, 0.15) is 37.2 Å². The molecule has 0 bridgehead atoms. The molecule has 0 aliphatic carbocycles. The molecule has 0 atom stereocenters. The van der Waals surface area contributed by atoms with Crippen molar-refractivity contribution < 1.29 is 9.90 Å². The molecule has 1 saturated heterocycles. The van der Waals surface area contributed by atoms with E-state index in [0.29, 0.717) is 27.8 Å². The van der Waals surface area contributed by atoms with Crippen LogP contribution < -0.4 is 5.73 Å². The molecule has 0 unspecified atom stereocenters. The minimum atomic E-state index is -1.00. The number of hydrogen-bond acceptors (Lipinski definition) is 3. The molecule has 2 heterocycles. The topological polar surface area (TPSA) is 71.5 Å². The number of benzene rings is 2. The Bertz CT molecular complexity index is 1000. The highest BCUT2D eigenvalue weighted by atomic mass is 35.5. The Morgan fingerprint density at radius 1 is 1.07 bits per heavy atom. The van der Waals surface area contributed by atoms with E-state index < -0.39 is 5.97 Å². The number of carboxylic acid groups (broad SMARTS) is 1. The third-order valence-electron chi connectivity index (χ3n) is 5.34. The number of nitrogens with two attached hydrogens (primary N) is 1. The van der Waals surface area contributed by atoms with Gasteiger partial charge >= 0.3 is 5.97 Å². The summed E-state index contributed by atoms with van der Waals surface area (Å²) >= 11 is 12.0. The van der Waals surface area contributed by atoms with E-state index in [1.54, 1.807) is 28.8 Å². The Kier molecular flexibility index (Phi) is 7.42. The van der Waals surface area contributed by atoms with Gasteiger partial charge < -0.3 is 20.3 Å². The van der Waals surface area contributed by atoms with Crippen molar-refractivity contribution in [3.63, 3.8) is 0 Å². The van der Waals surface area contributed by atoms with E-state index in [1.165, 1.54) is 25.9 Å². The van der Waals surface area contributed by atoms with Crippen molar-refractivity contribution in [3.8, 4) is 5.69 Å². The van der Waals surface area contributed by atoms with Crippen molar-refractivity contribution >= 4 is 40.1 Å². The molecule has 30 heavy (non-hydrogen) atoms. The third-order valence-corrected chi connectivity index (χ3v) is 5.78. The molecule has 160 valence electrons. The number of rotatable bonds is 3. The SMILES string of the molecule is CC(C)N1CCC(N)CC1.O=C(O)c1cc2ccccc2n1-c1cc(Cl)cc(Cl)c1. The van der Waals surface area contributed by atoms with Gasteiger partial charge in [-0.05, 0) is 70.1 Å². The molecule has 3 N–H and O–H groups in total. The largest absolute Gasteiger partial charge is 0.477 e. The van der Waals surface area contributed by atoms with Crippen LogP contribution in [0.15, 0.2) is 48.5 Å². The molecule has 7 heteroatoms. The molecule has 1 aliphatic heterocycles. The molecule has 1 fully saturated rings. The lowest BCUT2D eigenvalue weighted by Crippen LogP contribution is -2.42. The van der Waals surface area contributed by atoms with Crippen molar-refractivity contribution in [2.45, 2.75) is 38.8 Å². The van der Waals surface area contributed by atoms with Crippen LogP contribution in [-0.4, -0.2) is 45.7 Å². The van der Waals surface area contributed by atoms with Gasteiger partial charge in [-0.25, -0.2) is 4.79 Å². The second kappa shape index (κ2) is 9.84. The van der Waals surface area contributed by atoms with E-state index in [0.717, 1.165) is 10.9 Å². The number of aromatic carboxylic acids is 1. The second-order valence-corrected chi connectivity index (χ2v) is 8.70. The molecule has 0 saturated carbocycles. The Labute approximate surface area is 187 Å². The summed E-state index contributed by atoms with van der Waals surface area (Å²) in [5, 5.41) is 11.1. The molecule has 2 aromatic carbocycles. The van der Waals surface area contributed by atoms with Crippen LogP contribution in [0.25, 0.3) is 16.6 Å². The van der Waals surface area contributed by atoms with Crippen LogP contribution in [0, 0.1) is 0 Å². The van der Waals surface area contributed by atoms with Gasteiger partial charge in [0, 0.05) is 33.2 Å². The van der Waals surface area contributed by atoms with Gasteiger partial charge in [-0.3, -0.25) is 0 Å². The van der Waals surface area contributed by atoms with E-state index in [9.17, 15) is 9.90 Å². The maximum Gasteiger partial charge on any atom is 0.352 e. The molecule has 1 aliphatic rings. The Hall–Kier alpha value is -2.05. The van der Waals surface area contributed by atoms with E-state index in [4.69, 9.17) is 28.9 Å². The predicted octanol–water partition coefficient (Wildman–Crippen LogP) is 5.45. The van der Waals surface area contributed by atoms with Gasteiger partial charge in [0.2, 0.25) is 0 Å². The minimum absolute atomic E-state index is 0.171. The summed E-state index contributed by atoms with van der Waals surface area (Å²) in [5.74, 6) is -1.00. The smallest absolute Gasteiger partial charge is 0.352 e. The van der Waals surface area contributed by atoms with Gasteiger partial charge in [0.1, 0.15) is 5.69 Å².